The average molecular weight is 560 g/mol. The van der Waals surface area contributed by atoms with Gasteiger partial charge in [-0.2, -0.15) is 0 Å². The van der Waals surface area contributed by atoms with Crippen LogP contribution in [0.1, 0.15) is 55.9 Å². The summed E-state index contributed by atoms with van der Waals surface area (Å²) in [6.45, 7) is 3.40. The van der Waals surface area contributed by atoms with E-state index in [-0.39, 0.29) is 23.4 Å². The van der Waals surface area contributed by atoms with Crippen molar-refractivity contribution in [3.8, 4) is 11.3 Å². The van der Waals surface area contributed by atoms with E-state index < -0.39 is 4.92 Å². The second-order valence-corrected chi connectivity index (χ2v) is 10.8. The van der Waals surface area contributed by atoms with Gasteiger partial charge in [0.25, 0.3) is 17.5 Å². The predicted molar refractivity (Wildman–Crippen MR) is 150 cm³/mol. The first kappa shape index (κ1) is 27.2. The van der Waals surface area contributed by atoms with E-state index in [1.54, 1.807) is 36.4 Å². The number of nitrogens with zero attached hydrogens (tertiary/aromatic N) is 5. The fourth-order valence-corrected chi connectivity index (χ4v) is 5.82. The summed E-state index contributed by atoms with van der Waals surface area (Å²) in [6, 6.07) is 15.9. The van der Waals surface area contributed by atoms with E-state index in [1.807, 2.05) is 35.2 Å². The highest BCUT2D eigenvalue weighted by Gasteiger charge is 2.31. The van der Waals surface area contributed by atoms with Gasteiger partial charge in [0.05, 0.1) is 9.93 Å². The molecule has 3 heterocycles. The van der Waals surface area contributed by atoms with Crippen molar-refractivity contribution < 1.29 is 19.0 Å². The summed E-state index contributed by atoms with van der Waals surface area (Å²) in [7, 11) is 1.73. The Bertz CT molecular complexity index is 1510. The second kappa shape index (κ2) is 11.8. The molecule has 4 aromatic rings. The van der Waals surface area contributed by atoms with Crippen LogP contribution in [0.3, 0.4) is 0 Å². The van der Waals surface area contributed by atoms with Gasteiger partial charge in [-0.3, -0.25) is 19.7 Å². The standard InChI is InChI=1S/C29H29N5O5S/c1-19-25(26(31-39-19)21-6-4-3-5-7-21)29(36)33-16-13-22(14-17-33)27-30-24(18-40-27)28(35)32(2)15-12-20-8-10-23(11-9-20)34(37)38/h3-11,18,22H,12-17H2,1-2H3. The van der Waals surface area contributed by atoms with Crippen molar-refractivity contribution in [1.29, 1.82) is 0 Å². The van der Waals surface area contributed by atoms with Gasteiger partial charge in [0.15, 0.2) is 0 Å². The summed E-state index contributed by atoms with van der Waals surface area (Å²) >= 11 is 1.48. The number of benzene rings is 2. The number of likely N-dealkylation sites (N-methyl/N-ethyl adjacent to an activating group) is 1. The molecule has 11 heteroatoms. The molecule has 1 aliphatic rings. The Balaban J connectivity index is 1.16. The number of carbonyl (C=O) groups is 2. The number of carbonyl (C=O) groups excluding carboxylic acids is 2. The third kappa shape index (κ3) is 5.79. The fraction of sp³-hybridized carbons (Fsp3) is 0.310. The summed E-state index contributed by atoms with van der Waals surface area (Å²) in [4.78, 5) is 44.9. The SMILES string of the molecule is Cc1onc(-c2ccccc2)c1C(=O)N1CCC(c2nc(C(=O)N(C)CCc3ccc([N+](=O)[O-])cc3)cs2)CC1. The first-order valence-corrected chi connectivity index (χ1v) is 13.9. The molecule has 1 saturated heterocycles. The molecule has 0 N–H and O–H groups in total. The van der Waals surface area contributed by atoms with Gasteiger partial charge in [-0.25, -0.2) is 4.98 Å². The van der Waals surface area contributed by atoms with Crippen LogP contribution in [-0.4, -0.2) is 63.4 Å². The van der Waals surface area contributed by atoms with Crippen molar-refractivity contribution in [2.45, 2.75) is 32.1 Å². The van der Waals surface area contributed by atoms with Crippen molar-refractivity contribution in [2.24, 2.45) is 0 Å². The number of thiazole rings is 1. The quantitative estimate of drug-likeness (QED) is 0.211. The molecule has 2 aromatic carbocycles. The predicted octanol–water partition coefficient (Wildman–Crippen LogP) is 5.35. The lowest BCUT2D eigenvalue weighted by Crippen LogP contribution is -2.38. The van der Waals surface area contributed by atoms with Gasteiger partial charge in [-0.1, -0.05) is 47.6 Å². The van der Waals surface area contributed by atoms with Crippen molar-refractivity contribution >= 4 is 28.8 Å². The van der Waals surface area contributed by atoms with Gasteiger partial charge in [0, 0.05) is 55.7 Å². The lowest BCUT2D eigenvalue weighted by Gasteiger charge is -2.31. The molecule has 0 atom stereocenters. The maximum absolute atomic E-state index is 13.4. The molecule has 1 fully saturated rings. The van der Waals surface area contributed by atoms with Gasteiger partial charge in [-0.15, -0.1) is 11.3 Å². The van der Waals surface area contributed by atoms with E-state index in [4.69, 9.17) is 4.52 Å². The van der Waals surface area contributed by atoms with Crippen molar-refractivity contribution in [3.05, 3.63) is 97.7 Å². The number of amides is 2. The molecule has 206 valence electrons. The van der Waals surface area contributed by atoms with Crippen LogP contribution in [0.5, 0.6) is 0 Å². The number of nitro benzene ring substituents is 1. The zero-order valence-electron chi connectivity index (χ0n) is 22.3. The largest absolute Gasteiger partial charge is 0.360 e. The van der Waals surface area contributed by atoms with Crippen LogP contribution in [0.15, 0.2) is 64.5 Å². The summed E-state index contributed by atoms with van der Waals surface area (Å²) in [5, 5.41) is 17.7. The third-order valence-electron chi connectivity index (χ3n) is 7.23. The maximum Gasteiger partial charge on any atom is 0.273 e. The second-order valence-electron chi connectivity index (χ2n) is 9.87. The monoisotopic (exact) mass is 559 g/mol. The third-order valence-corrected chi connectivity index (χ3v) is 8.23. The zero-order chi connectivity index (χ0) is 28.2. The normalized spacial score (nSPS) is 13.8. The van der Waals surface area contributed by atoms with Crippen LogP contribution < -0.4 is 0 Å². The van der Waals surface area contributed by atoms with Gasteiger partial charge in [-0.05, 0) is 31.7 Å². The number of hydrogen-bond acceptors (Lipinski definition) is 8. The molecule has 0 spiro atoms. The van der Waals surface area contributed by atoms with Crippen LogP contribution in [0.4, 0.5) is 5.69 Å². The summed E-state index contributed by atoms with van der Waals surface area (Å²) in [6.07, 6.45) is 2.10. The average Bonchev–Trinajstić information content (AvgIpc) is 3.63. The van der Waals surface area contributed by atoms with Gasteiger partial charge >= 0.3 is 0 Å². The van der Waals surface area contributed by atoms with E-state index in [9.17, 15) is 19.7 Å². The van der Waals surface area contributed by atoms with E-state index in [0.29, 0.717) is 48.8 Å². The van der Waals surface area contributed by atoms with Crippen molar-refractivity contribution in [2.75, 3.05) is 26.7 Å². The van der Waals surface area contributed by atoms with Crippen LogP contribution in [-0.2, 0) is 6.42 Å². The Labute approximate surface area is 235 Å². The van der Waals surface area contributed by atoms with Crippen LogP contribution in [0, 0.1) is 17.0 Å². The van der Waals surface area contributed by atoms with Gasteiger partial charge < -0.3 is 14.3 Å². The Morgan fingerprint density at radius 2 is 1.82 bits per heavy atom. The number of non-ortho nitro benzene ring substituents is 1. The minimum atomic E-state index is -0.430. The molecule has 1 aliphatic heterocycles. The molecule has 10 nitrogen and oxygen atoms in total. The number of likely N-dealkylation sites (tertiary alicyclic amines) is 1. The number of piperidine rings is 1. The highest BCUT2D eigenvalue weighted by atomic mass is 32.1. The molecule has 0 unspecified atom stereocenters. The van der Waals surface area contributed by atoms with E-state index in [1.165, 1.54) is 23.5 Å². The Kier molecular flexibility index (Phi) is 8.01. The molecule has 0 saturated carbocycles. The highest BCUT2D eigenvalue weighted by molar-refractivity contribution is 7.09. The molecule has 0 radical (unpaired) electrons. The number of aryl methyl sites for hydroxylation is 1. The summed E-state index contributed by atoms with van der Waals surface area (Å²) in [5.74, 6) is 0.444. The number of nitro groups is 1. The Morgan fingerprint density at radius 3 is 2.50 bits per heavy atom. The van der Waals surface area contributed by atoms with E-state index in [2.05, 4.69) is 10.1 Å². The molecule has 2 amide bonds. The minimum absolute atomic E-state index is 0.0453. The van der Waals surface area contributed by atoms with Crippen LogP contribution in [0.25, 0.3) is 11.3 Å². The molecule has 0 aliphatic carbocycles. The minimum Gasteiger partial charge on any atom is -0.360 e. The Hall–Kier alpha value is -4.38. The Morgan fingerprint density at radius 1 is 1.12 bits per heavy atom. The molecule has 5 rings (SSSR count). The topological polar surface area (TPSA) is 123 Å². The molecule has 40 heavy (non-hydrogen) atoms. The molecular weight excluding hydrogens is 530 g/mol. The van der Waals surface area contributed by atoms with Crippen LogP contribution >= 0.6 is 11.3 Å². The van der Waals surface area contributed by atoms with Crippen molar-refractivity contribution in [1.82, 2.24) is 19.9 Å². The highest BCUT2D eigenvalue weighted by Crippen LogP contribution is 2.33. The van der Waals surface area contributed by atoms with E-state index >= 15 is 0 Å². The number of aromatic nitrogens is 2. The first-order valence-electron chi connectivity index (χ1n) is 13.1. The van der Waals surface area contributed by atoms with Gasteiger partial charge in [0.1, 0.15) is 22.7 Å². The first-order chi connectivity index (χ1) is 19.3. The summed E-state index contributed by atoms with van der Waals surface area (Å²) < 4.78 is 5.39. The van der Waals surface area contributed by atoms with Gasteiger partial charge in [0.2, 0.25) is 0 Å². The van der Waals surface area contributed by atoms with Crippen molar-refractivity contribution in [3.63, 3.8) is 0 Å². The smallest absolute Gasteiger partial charge is 0.273 e. The maximum atomic E-state index is 13.4. The fourth-order valence-electron chi connectivity index (χ4n) is 4.86. The lowest BCUT2D eigenvalue weighted by molar-refractivity contribution is -0.384. The lowest BCUT2D eigenvalue weighted by atomic mass is 9.96. The number of rotatable bonds is 8. The molecular formula is C29H29N5O5S. The molecule has 0 bridgehead atoms. The number of hydrogen-bond donors (Lipinski definition) is 0. The van der Waals surface area contributed by atoms with Crippen LogP contribution in [0.2, 0.25) is 0 Å². The zero-order valence-corrected chi connectivity index (χ0v) is 23.1. The summed E-state index contributed by atoms with van der Waals surface area (Å²) in [5.41, 5.74) is 3.29. The molecule has 2 aromatic heterocycles. The van der Waals surface area contributed by atoms with E-state index in [0.717, 1.165) is 29.0 Å².